The van der Waals surface area contributed by atoms with Gasteiger partial charge in [-0.1, -0.05) is 103 Å². The molecule has 0 unspecified atom stereocenters. The lowest BCUT2D eigenvalue weighted by Crippen LogP contribution is -1.94. The average Bonchev–Trinajstić information content (AvgIpc) is 3.82. The van der Waals surface area contributed by atoms with Crippen LogP contribution in [0.1, 0.15) is 0 Å². The highest BCUT2D eigenvalue weighted by molar-refractivity contribution is 7.26. The molecule has 3 heteroatoms. The number of benzene rings is 8. The van der Waals surface area contributed by atoms with Crippen molar-refractivity contribution in [1.29, 1.82) is 0 Å². The maximum atomic E-state index is 2.50. The molecule has 0 fully saturated rings. The summed E-state index contributed by atoms with van der Waals surface area (Å²) in [4.78, 5) is 0. The summed E-state index contributed by atoms with van der Waals surface area (Å²) in [5.74, 6) is 0. The standard InChI is InChI=1S/C46H28N2S/c1-2-12-33(13-3-1)47-40-16-8-6-14-35(40)38-27-31(19-23-41(38)47)32-20-24-42-39(28-32)36-22-25-44-45(37-15-7-9-17-43(37)49-44)46(36)48(42)34-21-18-29-10-4-5-11-30(29)26-34/h1-28H. The maximum Gasteiger partial charge on any atom is 0.0634 e. The first-order chi connectivity index (χ1) is 24.3. The molecule has 228 valence electrons. The third-order valence-corrected chi connectivity index (χ3v) is 11.4. The summed E-state index contributed by atoms with van der Waals surface area (Å²) in [6.45, 7) is 0. The van der Waals surface area contributed by atoms with Crippen LogP contribution in [0.15, 0.2) is 170 Å². The number of aromatic nitrogens is 2. The van der Waals surface area contributed by atoms with Crippen molar-refractivity contribution >= 4 is 85.9 Å². The number of hydrogen-bond acceptors (Lipinski definition) is 1. The van der Waals surface area contributed by atoms with Gasteiger partial charge in [0, 0.05) is 53.1 Å². The Morgan fingerprint density at radius 1 is 0.347 bits per heavy atom. The molecular weight excluding hydrogens is 613 g/mol. The molecule has 0 aliphatic heterocycles. The molecule has 11 rings (SSSR count). The lowest BCUT2D eigenvalue weighted by atomic mass is 10.00. The van der Waals surface area contributed by atoms with Gasteiger partial charge in [0.25, 0.3) is 0 Å². The molecule has 11 aromatic rings. The number of fused-ring (bicyclic) bond motifs is 11. The van der Waals surface area contributed by atoms with Gasteiger partial charge in [-0.2, -0.15) is 0 Å². The predicted octanol–water partition coefficient (Wildman–Crippen LogP) is 13.1. The van der Waals surface area contributed by atoms with Crippen molar-refractivity contribution in [2.45, 2.75) is 0 Å². The molecule has 0 radical (unpaired) electrons. The Bertz CT molecular complexity index is 3100. The second kappa shape index (κ2) is 10.2. The van der Waals surface area contributed by atoms with Gasteiger partial charge in [-0.05, 0) is 88.6 Å². The fraction of sp³-hybridized carbons (Fsp3) is 0. The van der Waals surface area contributed by atoms with Crippen LogP contribution in [0, 0.1) is 0 Å². The highest BCUT2D eigenvalue weighted by Crippen LogP contribution is 2.44. The second-order valence-corrected chi connectivity index (χ2v) is 14.0. The largest absolute Gasteiger partial charge is 0.309 e. The topological polar surface area (TPSA) is 9.86 Å². The smallest absolute Gasteiger partial charge is 0.0634 e. The van der Waals surface area contributed by atoms with Gasteiger partial charge in [0.1, 0.15) is 0 Å². The SMILES string of the molecule is c1ccc(-n2c3ccccc3c3cc(-c4ccc5c(c4)c4ccc6sc7ccccc7c6c4n5-c4ccc5ccccc5c4)ccc32)cc1. The van der Waals surface area contributed by atoms with E-state index in [1.54, 1.807) is 0 Å². The van der Waals surface area contributed by atoms with Crippen LogP contribution in [-0.2, 0) is 0 Å². The van der Waals surface area contributed by atoms with Crippen molar-refractivity contribution < 1.29 is 0 Å². The molecule has 0 aliphatic carbocycles. The summed E-state index contributed by atoms with van der Waals surface area (Å²) < 4.78 is 7.52. The van der Waals surface area contributed by atoms with E-state index in [0.717, 1.165) is 0 Å². The van der Waals surface area contributed by atoms with Crippen LogP contribution in [0.25, 0.3) is 97.1 Å². The van der Waals surface area contributed by atoms with E-state index in [-0.39, 0.29) is 0 Å². The molecule has 0 saturated heterocycles. The minimum Gasteiger partial charge on any atom is -0.309 e. The van der Waals surface area contributed by atoms with Gasteiger partial charge in [-0.3, -0.25) is 0 Å². The first-order valence-corrected chi connectivity index (χ1v) is 17.6. The summed E-state index contributed by atoms with van der Waals surface area (Å²) in [5, 5.41) is 10.2. The number of thiophene rings is 1. The fourth-order valence-electron chi connectivity index (χ4n) is 8.09. The molecule has 8 aromatic carbocycles. The van der Waals surface area contributed by atoms with Crippen LogP contribution < -0.4 is 0 Å². The molecule has 2 nitrogen and oxygen atoms in total. The molecule has 0 spiro atoms. The monoisotopic (exact) mass is 640 g/mol. The van der Waals surface area contributed by atoms with Gasteiger partial charge >= 0.3 is 0 Å². The second-order valence-electron chi connectivity index (χ2n) is 13.0. The van der Waals surface area contributed by atoms with Crippen molar-refractivity contribution in [2.75, 3.05) is 0 Å². The Kier molecular flexibility index (Phi) is 5.57. The number of rotatable bonds is 3. The minimum atomic E-state index is 1.18. The van der Waals surface area contributed by atoms with E-state index >= 15 is 0 Å². The van der Waals surface area contributed by atoms with Gasteiger partial charge in [-0.15, -0.1) is 11.3 Å². The number of para-hydroxylation sites is 2. The van der Waals surface area contributed by atoms with Gasteiger partial charge in [0.15, 0.2) is 0 Å². The highest BCUT2D eigenvalue weighted by Gasteiger charge is 2.20. The normalized spacial score (nSPS) is 12.1. The van der Waals surface area contributed by atoms with Crippen LogP contribution in [0.4, 0.5) is 0 Å². The Balaban J connectivity index is 1.19. The zero-order valence-electron chi connectivity index (χ0n) is 26.5. The zero-order chi connectivity index (χ0) is 32.1. The van der Waals surface area contributed by atoms with Crippen molar-refractivity contribution in [3.05, 3.63) is 170 Å². The summed E-state index contributed by atoms with van der Waals surface area (Å²) in [6, 6.07) is 62.5. The molecule has 0 amide bonds. The van der Waals surface area contributed by atoms with E-state index in [1.807, 2.05) is 11.3 Å². The lowest BCUT2D eigenvalue weighted by Gasteiger charge is -2.11. The fourth-order valence-corrected chi connectivity index (χ4v) is 9.20. The predicted molar refractivity (Wildman–Crippen MR) is 211 cm³/mol. The van der Waals surface area contributed by atoms with Gasteiger partial charge < -0.3 is 9.13 Å². The minimum absolute atomic E-state index is 1.18. The Morgan fingerprint density at radius 3 is 1.84 bits per heavy atom. The Labute approximate surface area is 286 Å². The zero-order valence-corrected chi connectivity index (χ0v) is 27.3. The summed E-state index contributed by atoms with van der Waals surface area (Å²) >= 11 is 1.88. The summed E-state index contributed by atoms with van der Waals surface area (Å²) in [6.07, 6.45) is 0. The molecule has 0 bridgehead atoms. The summed E-state index contributed by atoms with van der Waals surface area (Å²) in [5.41, 5.74) is 9.75. The van der Waals surface area contributed by atoms with Crippen LogP contribution >= 0.6 is 11.3 Å². The van der Waals surface area contributed by atoms with Gasteiger partial charge in [0.2, 0.25) is 0 Å². The maximum absolute atomic E-state index is 2.50. The molecule has 3 aromatic heterocycles. The van der Waals surface area contributed by atoms with Crippen LogP contribution in [-0.4, -0.2) is 9.13 Å². The Hall–Kier alpha value is -6.16. The molecule has 0 saturated carbocycles. The van der Waals surface area contributed by atoms with E-state index in [2.05, 4.69) is 179 Å². The van der Waals surface area contributed by atoms with Crippen molar-refractivity contribution in [2.24, 2.45) is 0 Å². The lowest BCUT2D eigenvalue weighted by molar-refractivity contribution is 1.18. The van der Waals surface area contributed by atoms with Crippen LogP contribution in [0.2, 0.25) is 0 Å². The highest BCUT2D eigenvalue weighted by atomic mass is 32.1. The average molecular weight is 641 g/mol. The number of nitrogens with zero attached hydrogens (tertiary/aromatic N) is 2. The van der Waals surface area contributed by atoms with E-state index in [0.29, 0.717) is 0 Å². The van der Waals surface area contributed by atoms with Crippen molar-refractivity contribution in [3.8, 4) is 22.5 Å². The molecule has 49 heavy (non-hydrogen) atoms. The third kappa shape index (κ3) is 3.88. The van der Waals surface area contributed by atoms with Crippen LogP contribution in [0.3, 0.4) is 0 Å². The van der Waals surface area contributed by atoms with E-state index in [9.17, 15) is 0 Å². The molecule has 3 heterocycles. The molecular formula is C46H28N2S. The van der Waals surface area contributed by atoms with Crippen molar-refractivity contribution in [3.63, 3.8) is 0 Å². The van der Waals surface area contributed by atoms with Crippen molar-refractivity contribution in [1.82, 2.24) is 9.13 Å². The first kappa shape index (κ1) is 26.9. The molecule has 0 aliphatic rings. The third-order valence-electron chi connectivity index (χ3n) is 10.3. The van der Waals surface area contributed by atoms with E-state index in [1.165, 1.54) is 97.1 Å². The summed E-state index contributed by atoms with van der Waals surface area (Å²) in [7, 11) is 0. The van der Waals surface area contributed by atoms with E-state index in [4.69, 9.17) is 0 Å². The Morgan fingerprint density at radius 2 is 1.00 bits per heavy atom. The molecule has 0 atom stereocenters. The quantitative estimate of drug-likeness (QED) is 0.182. The van der Waals surface area contributed by atoms with Gasteiger partial charge in [-0.25, -0.2) is 0 Å². The van der Waals surface area contributed by atoms with Crippen LogP contribution in [0.5, 0.6) is 0 Å². The molecule has 0 N–H and O–H groups in total. The number of hydrogen-bond donors (Lipinski definition) is 0. The van der Waals surface area contributed by atoms with E-state index < -0.39 is 0 Å². The first-order valence-electron chi connectivity index (χ1n) is 16.8. The van der Waals surface area contributed by atoms with Gasteiger partial charge in [0.05, 0.1) is 22.1 Å².